The number of nitrogens with one attached hydrogen (secondary N) is 1. The van der Waals surface area contributed by atoms with Crippen molar-refractivity contribution in [3.05, 3.63) is 23.7 Å². The minimum absolute atomic E-state index is 0.105. The molecule has 100 valence electrons. The largest absolute Gasteiger partial charge is 0.469 e. The van der Waals surface area contributed by atoms with Crippen LogP contribution < -0.4 is 5.32 Å². The number of furan rings is 1. The van der Waals surface area contributed by atoms with Crippen LogP contribution in [0.1, 0.15) is 50.0 Å². The molecule has 0 aromatic carbocycles. The molecule has 0 saturated heterocycles. The summed E-state index contributed by atoms with van der Waals surface area (Å²) in [4.78, 5) is 11.8. The van der Waals surface area contributed by atoms with Gasteiger partial charge in [0.2, 0.25) is 5.91 Å². The van der Waals surface area contributed by atoms with Crippen molar-refractivity contribution < 1.29 is 13.9 Å². The van der Waals surface area contributed by atoms with Gasteiger partial charge in [-0.2, -0.15) is 0 Å². The Labute approximate surface area is 108 Å². The third-order valence-corrected chi connectivity index (χ3v) is 3.28. The molecule has 1 atom stereocenters. The highest BCUT2D eigenvalue weighted by Crippen LogP contribution is 2.30. The first kappa shape index (κ1) is 13.1. The van der Waals surface area contributed by atoms with E-state index in [0.29, 0.717) is 19.6 Å². The molecule has 1 unspecified atom stereocenters. The number of fused-ring (bicyclic) bond motifs is 1. The van der Waals surface area contributed by atoms with Gasteiger partial charge in [-0.3, -0.25) is 4.79 Å². The average molecular weight is 251 g/mol. The van der Waals surface area contributed by atoms with E-state index in [9.17, 15) is 4.79 Å². The third-order valence-electron chi connectivity index (χ3n) is 3.28. The summed E-state index contributed by atoms with van der Waals surface area (Å²) >= 11 is 0. The van der Waals surface area contributed by atoms with Gasteiger partial charge >= 0.3 is 0 Å². The molecule has 1 aliphatic carbocycles. The molecule has 0 bridgehead atoms. The number of hydrogen-bond donors (Lipinski definition) is 1. The zero-order valence-corrected chi connectivity index (χ0v) is 10.9. The predicted molar refractivity (Wildman–Crippen MR) is 68.3 cm³/mol. The van der Waals surface area contributed by atoms with Crippen LogP contribution in [0.4, 0.5) is 0 Å². The molecule has 1 aromatic rings. The Balaban J connectivity index is 1.78. The molecule has 0 radical (unpaired) electrons. The highest BCUT2D eigenvalue weighted by atomic mass is 16.5. The summed E-state index contributed by atoms with van der Waals surface area (Å²) in [6, 6.07) is 2.10. The van der Waals surface area contributed by atoms with Crippen molar-refractivity contribution in [3.63, 3.8) is 0 Å². The highest BCUT2D eigenvalue weighted by Gasteiger charge is 2.23. The Morgan fingerprint density at radius 3 is 3.33 bits per heavy atom. The molecule has 18 heavy (non-hydrogen) atoms. The van der Waals surface area contributed by atoms with Crippen molar-refractivity contribution in [2.75, 3.05) is 13.2 Å². The molecule has 1 amide bonds. The first-order valence-electron chi connectivity index (χ1n) is 6.74. The molecule has 0 aliphatic heterocycles. The van der Waals surface area contributed by atoms with Crippen molar-refractivity contribution in [2.24, 2.45) is 0 Å². The van der Waals surface area contributed by atoms with Crippen LogP contribution in [0.3, 0.4) is 0 Å². The molecule has 1 aliphatic rings. The molecule has 4 nitrogen and oxygen atoms in total. The zero-order chi connectivity index (χ0) is 12.8. The quantitative estimate of drug-likeness (QED) is 0.791. The van der Waals surface area contributed by atoms with Gasteiger partial charge in [-0.25, -0.2) is 0 Å². The molecule has 1 N–H and O–H groups in total. The van der Waals surface area contributed by atoms with Crippen molar-refractivity contribution >= 4 is 5.91 Å². The van der Waals surface area contributed by atoms with Crippen molar-refractivity contribution in [1.82, 2.24) is 5.32 Å². The lowest BCUT2D eigenvalue weighted by Crippen LogP contribution is -2.30. The summed E-state index contributed by atoms with van der Waals surface area (Å²) in [6.07, 6.45) is 6.09. The third kappa shape index (κ3) is 3.35. The number of aryl methyl sites for hydroxylation is 1. The van der Waals surface area contributed by atoms with Gasteiger partial charge in [0.15, 0.2) is 0 Å². The monoisotopic (exact) mass is 251 g/mol. The maximum atomic E-state index is 11.8. The topological polar surface area (TPSA) is 51.5 Å². The van der Waals surface area contributed by atoms with E-state index in [1.807, 2.05) is 13.0 Å². The summed E-state index contributed by atoms with van der Waals surface area (Å²) in [5, 5.41) is 3.08. The predicted octanol–water partition coefficient (Wildman–Crippen LogP) is 2.59. The van der Waals surface area contributed by atoms with Gasteiger partial charge in [0.25, 0.3) is 0 Å². The van der Waals surface area contributed by atoms with Gasteiger partial charge < -0.3 is 14.5 Å². The van der Waals surface area contributed by atoms with Crippen LogP contribution in [0.15, 0.2) is 16.7 Å². The molecule has 1 heterocycles. The van der Waals surface area contributed by atoms with E-state index in [-0.39, 0.29) is 11.9 Å². The Hall–Kier alpha value is -1.29. The summed E-state index contributed by atoms with van der Waals surface area (Å²) in [5.41, 5.74) is 1.15. The average Bonchev–Trinajstić information content (AvgIpc) is 2.84. The van der Waals surface area contributed by atoms with Crippen molar-refractivity contribution in [2.45, 2.75) is 45.1 Å². The maximum absolute atomic E-state index is 11.8. The minimum Gasteiger partial charge on any atom is -0.469 e. The lowest BCUT2D eigenvalue weighted by Gasteiger charge is -2.22. The fraction of sp³-hybridized carbons (Fsp3) is 0.643. The Bertz CT molecular complexity index is 386. The van der Waals surface area contributed by atoms with Crippen LogP contribution in [-0.4, -0.2) is 19.1 Å². The van der Waals surface area contributed by atoms with Crippen molar-refractivity contribution in [1.29, 1.82) is 0 Å². The SMILES string of the molecule is CCOCCCC(=O)NC1CCCc2occc21. The summed E-state index contributed by atoms with van der Waals surface area (Å²) in [5.74, 6) is 1.13. The van der Waals surface area contributed by atoms with E-state index < -0.39 is 0 Å². The fourth-order valence-corrected chi connectivity index (χ4v) is 2.38. The molecule has 0 spiro atoms. The first-order valence-corrected chi connectivity index (χ1v) is 6.74. The smallest absolute Gasteiger partial charge is 0.220 e. The van der Waals surface area contributed by atoms with Gasteiger partial charge in [-0.1, -0.05) is 0 Å². The Kier molecular flexibility index (Phi) is 4.81. The first-order chi connectivity index (χ1) is 8.81. The molecular formula is C14H21NO3. The lowest BCUT2D eigenvalue weighted by molar-refractivity contribution is -0.122. The highest BCUT2D eigenvalue weighted by molar-refractivity contribution is 5.76. The number of carbonyl (C=O) groups is 1. The standard InChI is InChI=1S/C14H21NO3/c1-2-17-9-4-7-14(16)15-12-5-3-6-13-11(12)8-10-18-13/h8,10,12H,2-7,9H2,1H3,(H,15,16). The Morgan fingerprint density at radius 2 is 2.50 bits per heavy atom. The molecule has 0 fully saturated rings. The number of carbonyl (C=O) groups excluding carboxylic acids is 1. The Morgan fingerprint density at radius 1 is 1.61 bits per heavy atom. The summed E-state index contributed by atoms with van der Waals surface area (Å²) < 4.78 is 10.6. The van der Waals surface area contributed by atoms with E-state index in [1.165, 1.54) is 0 Å². The van der Waals surface area contributed by atoms with Gasteiger partial charge in [-0.05, 0) is 32.3 Å². The second-order valence-corrected chi connectivity index (χ2v) is 4.61. The van der Waals surface area contributed by atoms with Gasteiger partial charge in [0, 0.05) is 31.6 Å². The zero-order valence-electron chi connectivity index (χ0n) is 10.9. The van der Waals surface area contributed by atoms with E-state index >= 15 is 0 Å². The van der Waals surface area contributed by atoms with Gasteiger partial charge in [-0.15, -0.1) is 0 Å². The van der Waals surface area contributed by atoms with Crippen LogP contribution in [0, 0.1) is 0 Å². The fourth-order valence-electron chi connectivity index (χ4n) is 2.38. The summed E-state index contributed by atoms with van der Waals surface area (Å²) in [6.45, 7) is 3.33. The van der Waals surface area contributed by atoms with Gasteiger partial charge in [0.05, 0.1) is 12.3 Å². The molecule has 4 heteroatoms. The lowest BCUT2D eigenvalue weighted by atomic mass is 9.93. The van der Waals surface area contributed by atoms with Crippen LogP contribution in [0.2, 0.25) is 0 Å². The molecule has 2 rings (SSSR count). The van der Waals surface area contributed by atoms with Crippen molar-refractivity contribution in [3.8, 4) is 0 Å². The van der Waals surface area contributed by atoms with Crippen LogP contribution in [-0.2, 0) is 16.0 Å². The van der Waals surface area contributed by atoms with E-state index in [2.05, 4.69) is 5.32 Å². The van der Waals surface area contributed by atoms with E-state index in [0.717, 1.165) is 37.0 Å². The number of hydrogen-bond acceptors (Lipinski definition) is 3. The molecule has 1 aromatic heterocycles. The van der Waals surface area contributed by atoms with E-state index in [1.54, 1.807) is 6.26 Å². The van der Waals surface area contributed by atoms with Crippen LogP contribution in [0.25, 0.3) is 0 Å². The van der Waals surface area contributed by atoms with E-state index in [4.69, 9.17) is 9.15 Å². The van der Waals surface area contributed by atoms with Crippen LogP contribution >= 0.6 is 0 Å². The normalized spacial score (nSPS) is 18.4. The number of amides is 1. The second-order valence-electron chi connectivity index (χ2n) is 4.61. The number of rotatable bonds is 6. The van der Waals surface area contributed by atoms with Crippen LogP contribution in [0.5, 0.6) is 0 Å². The molecular weight excluding hydrogens is 230 g/mol. The maximum Gasteiger partial charge on any atom is 0.220 e. The van der Waals surface area contributed by atoms with Gasteiger partial charge in [0.1, 0.15) is 5.76 Å². The minimum atomic E-state index is 0.105. The second kappa shape index (κ2) is 6.59. The molecule has 0 saturated carbocycles. The summed E-state index contributed by atoms with van der Waals surface area (Å²) in [7, 11) is 0. The number of ether oxygens (including phenoxy) is 1.